The van der Waals surface area contributed by atoms with Crippen molar-refractivity contribution in [3.8, 4) is 0 Å². The highest BCUT2D eigenvalue weighted by Crippen LogP contribution is 2.20. The van der Waals surface area contributed by atoms with Crippen LogP contribution in [0.5, 0.6) is 0 Å². The van der Waals surface area contributed by atoms with E-state index in [2.05, 4.69) is 5.32 Å². The van der Waals surface area contributed by atoms with Gasteiger partial charge in [-0.05, 0) is 11.8 Å². The molecule has 0 aromatic carbocycles. The molecule has 1 saturated heterocycles. The van der Waals surface area contributed by atoms with Crippen molar-refractivity contribution in [2.24, 2.45) is 0 Å². The van der Waals surface area contributed by atoms with E-state index in [4.69, 9.17) is 28.1 Å². The SMILES string of the molecule is COC1(Cl)CNCN(Cl)C1. The Labute approximate surface area is 70.3 Å². The molecule has 1 aliphatic heterocycles. The zero-order valence-electron chi connectivity index (χ0n) is 5.73. The quantitative estimate of drug-likeness (QED) is 0.477. The van der Waals surface area contributed by atoms with Gasteiger partial charge in [0.15, 0.2) is 5.06 Å². The van der Waals surface area contributed by atoms with Crippen molar-refractivity contribution in [2.45, 2.75) is 5.06 Å². The number of hydrogen-bond acceptors (Lipinski definition) is 3. The standard InChI is InChI=1S/C5H10Cl2N2O/c1-10-5(6)2-8-4-9(7)3-5/h8H,2-4H2,1H3. The molecule has 1 atom stereocenters. The predicted molar refractivity (Wildman–Crippen MR) is 41.0 cm³/mol. The van der Waals surface area contributed by atoms with Crippen molar-refractivity contribution >= 4 is 23.4 Å². The summed E-state index contributed by atoms with van der Waals surface area (Å²) in [7, 11) is 1.57. The number of nitrogens with one attached hydrogen (secondary N) is 1. The van der Waals surface area contributed by atoms with E-state index in [1.54, 1.807) is 11.5 Å². The van der Waals surface area contributed by atoms with Gasteiger partial charge in [0.2, 0.25) is 0 Å². The van der Waals surface area contributed by atoms with E-state index in [9.17, 15) is 0 Å². The van der Waals surface area contributed by atoms with Crippen LogP contribution in [0.2, 0.25) is 0 Å². The van der Waals surface area contributed by atoms with E-state index >= 15 is 0 Å². The van der Waals surface area contributed by atoms with Crippen LogP contribution in [0.3, 0.4) is 0 Å². The summed E-state index contributed by atoms with van der Waals surface area (Å²) in [4.78, 5) is 0. The number of nitrogens with zero attached hydrogens (tertiary/aromatic N) is 1. The van der Waals surface area contributed by atoms with Gasteiger partial charge in [0.1, 0.15) is 0 Å². The van der Waals surface area contributed by atoms with Crippen molar-refractivity contribution in [1.29, 1.82) is 0 Å². The average molecular weight is 185 g/mol. The van der Waals surface area contributed by atoms with E-state index in [0.29, 0.717) is 19.8 Å². The third kappa shape index (κ3) is 1.97. The van der Waals surface area contributed by atoms with Gasteiger partial charge in [0, 0.05) is 13.7 Å². The molecule has 1 aliphatic rings. The minimum Gasteiger partial charge on any atom is -0.360 e. The fraction of sp³-hybridized carbons (Fsp3) is 1.00. The number of ether oxygens (including phenoxy) is 1. The molecule has 0 aromatic rings. The second-order valence-corrected chi connectivity index (χ2v) is 3.46. The molecule has 10 heavy (non-hydrogen) atoms. The van der Waals surface area contributed by atoms with Crippen molar-refractivity contribution in [3.05, 3.63) is 0 Å². The van der Waals surface area contributed by atoms with Crippen LogP contribution in [-0.4, -0.2) is 36.3 Å². The second kappa shape index (κ2) is 3.24. The van der Waals surface area contributed by atoms with Crippen LogP contribution in [0.4, 0.5) is 0 Å². The van der Waals surface area contributed by atoms with Gasteiger partial charge in [-0.2, -0.15) is 0 Å². The third-order valence-corrected chi connectivity index (χ3v) is 2.09. The molecule has 0 aromatic heterocycles. The van der Waals surface area contributed by atoms with E-state index in [1.807, 2.05) is 0 Å². The van der Waals surface area contributed by atoms with Crippen LogP contribution >= 0.6 is 23.4 Å². The third-order valence-electron chi connectivity index (χ3n) is 1.45. The first-order valence-corrected chi connectivity index (χ1v) is 3.73. The maximum absolute atomic E-state index is 5.94. The van der Waals surface area contributed by atoms with Gasteiger partial charge in [0.25, 0.3) is 0 Å². The first-order valence-electron chi connectivity index (χ1n) is 3.02. The lowest BCUT2D eigenvalue weighted by Gasteiger charge is -2.34. The summed E-state index contributed by atoms with van der Waals surface area (Å²) in [5, 5.41) is 2.36. The van der Waals surface area contributed by atoms with Crippen LogP contribution in [0.25, 0.3) is 0 Å². The largest absolute Gasteiger partial charge is 0.360 e. The molecule has 0 aliphatic carbocycles. The summed E-state index contributed by atoms with van der Waals surface area (Å²) >= 11 is 11.6. The molecule has 0 amide bonds. The van der Waals surface area contributed by atoms with E-state index in [0.717, 1.165) is 0 Å². The van der Waals surface area contributed by atoms with Gasteiger partial charge in [-0.25, -0.2) is 4.42 Å². The number of halogens is 2. The molecule has 60 valence electrons. The summed E-state index contributed by atoms with van der Waals surface area (Å²) < 4.78 is 6.58. The molecule has 0 bridgehead atoms. The Bertz CT molecular complexity index is 124. The summed E-state index contributed by atoms with van der Waals surface area (Å²) in [6, 6.07) is 0. The lowest BCUT2D eigenvalue weighted by molar-refractivity contribution is 0.0266. The second-order valence-electron chi connectivity index (χ2n) is 2.29. The van der Waals surface area contributed by atoms with Gasteiger partial charge < -0.3 is 4.74 Å². The first kappa shape index (κ1) is 8.56. The normalized spacial score (nSPS) is 36.3. The van der Waals surface area contributed by atoms with Crippen LogP contribution in [0.15, 0.2) is 0 Å². The monoisotopic (exact) mass is 184 g/mol. The first-order chi connectivity index (χ1) is 4.66. The van der Waals surface area contributed by atoms with Gasteiger partial charge >= 0.3 is 0 Å². The van der Waals surface area contributed by atoms with Gasteiger partial charge in [0.05, 0.1) is 13.2 Å². The number of rotatable bonds is 1. The van der Waals surface area contributed by atoms with Crippen LogP contribution < -0.4 is 5.32 Å². The van der Waals surface area contributed by atoms with Crippen LogP contribution in [0, 0.1) is 0 Å². The van der Waals surface area contributed by atoms with Gasteiger partial charge in [-0.15, -0.1) is 0 Å². The van der Waals surface area contributed by atoms with Crippen molar-refractivity contribution in [3.63, 3.8) is 0 Å². The van der Waals surface area contributed by atoms with Gasteiger partial charge in [-0.1, -0.05) is 11.6 Å². The van der Waals surface area contributed by atoms with E-state index < -0.39 is 5.06 Å². The molecule has 1 unspecified atom stereocenters. The van der Waals surface area contributed by atoms with Crippen molar-refractivity contribution < 1.29 is 4.74 Å². The van der Waals surface area contributed by atoms with Gasteiger partial charge in [-0.3, -0.25) is 5.32 Å². The molecule has 3 nitrogen and oxygen atoms in total. The molecule has 1 heterocycles. The Morgan fingerprint density at radius 3 is 2.80 bits per heavy atom. The minimum absolute atomic E-state index is 0.541. The van der Waals surface area contributed by atoms with Crippen LogP contribution in [-0.2, 0) is 4.74 Å². The molecule has 0 radical (unpaired) electrons. The molecule has 1 N–H and O–H groups in total. The summed E-state index contributed by atoms with van der Waals surface area (Å²) in [5.41, 5.74) is 0. The molecule has 1 rings (SSSR count). The topological polar surface area (TPSA) is 24.5 Å². The zero-order valence-corrected chi connectivity index (χ0v) is 7.24. The number of hydrogen-bond donors (Lipinski definition) is 1. The predicted octanol–water partition coefficient (Wildman–Crippen LogP) is 0.584. The number of alkyl halides is 1. The Hall–Kier alpha value is 0.460. The van der Waals surface area contributed by atoms with Crippen molar-refractivity contribution in [1.82, 2.24) is 9.74 Å². The highest BCUT2D eigenvalue weighted by Gasteiger charge is 2.32. The smallest absolute Gasteiger partial charge is 0.167 e. The molecular weight excluding hydrogens is 175 g/mol. The maximum Gasteiger partial charge on any atom is 0.167 e. The Kier molecular flexibility index (Phi) is 2.77. The highest BCUT2D eigenvalue weighted by atomic mass is 35.5. The highest BCUT2D eigenvalue weighted by molar-refractivity contribution is 6.24. The fourth-order valence-corrected chi connectivity index (χ4v) is 1.45. The Balaban J connectivity index is 2.45. The lowest BCUT2D eigenvalue weighted by Crippen LogP contribution is -2.53. The molecule has 0 spiro atoms. The molecule has 0 saturated carbocycles. The lowest BCUT2D eigenvalue weighted by atomic mass is 10.3. The average Bonchev–Trinajstić information content (AvgIpc) is 1.88. The van der Waals surface area contributed by atoms with E-state index in [1.165, 1.54) is 0 Å². The molecule has 1 fully saturated rings. The zero-order chi connectivity index (χ0) is 7.61. The maximum atomic E-state index is 5.94. The molecular formula is C5H10Cl2N2O. The minimum atomic E-state index is -0.653. The Morgan fingerprint density at radius 2 is 2.40 bits per heavy atom. The fourth-order valence-electron chi connectivity index (χ4n) is 0.869. The summed E-state index contributed by atoms with van der Waals surface area (Å²) in [5.74, 6) is 0. The van der Waals surface area contributed by atoms with Crippen LogP contribution in [0.1, 0.15) is 0 Å². The number of methoxy groups -OCH3 is 1. The summed E-state index contributed by atoms with van der Waals surface area (Å²) in [6.07, 6.45) is 0. The Morgan fingerprint density at radius 1 is 1.70 bits per heavy atom. The summed E-state index contributed by atoms with van der Waals surface area (Å²) in [6.45, 7) is 1.83. The van der Waals surface area contributed by atoms with Crippen molar-refractivity contribution in [2.75, 3.05) is 26.9 Å². The molecule has 5 heteroatoms. The van der Waals surface area contributed by atoms with E-state index in [-0.39, 0.29) is 0 Å².